The molecule has 0 saturated carbocycles. The van der Waals surface area contributed by atoms with Crippen molar-refractivity contribution in [2.45, 2.75) is 128 Å². The molecule has 57 heavy (non-hydrogen) atoms. The van der Waals surface area contributed by atoms with E-state index < -0.39 is 83.9 Å². The number of cyclic esters (lactones) is 1. The first kappa shape index (κ1) is 41.2. The lowest BCUT2D eigenvalue weighted by Gasteiger charge is -2.39. The molecule has 5 heterocycles. The van der Waals surface area contributed by atoms with Crippen molar-refractivity contribution < 1.29 is 38.3 Å². The highest BCUT2D eigenvalue weighted by molar-refractivity contribution is 5.98. The molecule has 1 aromatic carbocycles. The van der Waals surface area contributed by atoms with Crippen molar-refractivity contribution in [2.75, 3.05) is 25.0 Å². The first-order valence-corrected chi connectivity index (χ1v) is 20.1. The maximum absolute atomic E-state index is 14.7. The molecule has 308 valence electrons. The third kappa shape index (κ3) is 9.23. The zero-order chi connectivity index (χ0) is 41.0. The minimum Gasteiger partial charge on any atom is -0.458 e. The fourth-order valence-corrected chi connectivity index (χ4v) is 8.48. The van der Waals surface area contributed by atoms with E-state index in [9.17, 15) is 33.6 Å². The van der Waals surface area contributed by atoms with Gasteiger partial charge in [0.1, 0.15) is 42.4 Å². The Balaban J connectivity index is 1.32. The number of hydrogen-bond acceptors (Lipinski definition) is 9. The van der Waals surface area contributed by atoms with Crippen molar-refractivity contribution in [3.05, 3.63) is 47.7 Å². The van der Waals surface area contributed by atoms with Crippen molar-refractivity contribution in [3.8, 4) is 0 Å². The van der Waals surface area contributed by atoms with Crippen LogP contribution in [0.3, 0.4) is 0 Å². The number of anilines is 1. The first-order valence-electron chi connectivity index (χ1n) is 20.1. The molecule has 0 radical (unpaired) electrons. The molecule has 4 aliphatic rings. The van der Waals surface area contributed by atoms with Crippen LogP contribution in [-0.2, 0) is 46.5 Å². The van der Waals surface area contributed by atoms with Gasteiger partial charge in [-0.25, -0.2) is 9.59 Å². The van der Waals surface area contributed by atoms with Gasteiger partial charge in [-0.05, 0) is 77.7 Å². The van der Waals surface area contributed by atoms with Crippen LogP contribution in [0.5, 0.6) is 0 Å². The zero-order valence-corrected chi connectivity index (χ0v) is 33.4. The number of hydrogen-bond donors (Lipinski definition) is 4. The van der Waals surface area contributed by atoms with Gasteiger partial charge in [0.05, 0.1) is 0 Å². The summed E-state index contributed by atoms with van der Waals surface area (Å²) in [5.41, 5.74) is 1.56. The summed E-state index contributed by atoms with van der Waals surface area (Å²) in [7, 11) is 0. The number of piperidine rings is 1. The number of fused-ring (bicyclic) bond motifs is 3. The Morgan fingerprint density at radius 1 is 0.895 bits per heavy atom. The van der Waals surface area contributed by atoms with E-state index in [0.717, 1.165) is 11.3 Å². The molecular formula is C40H55N9O8. The highest BCUT2D eigenvalue weighted by atomic mass is 16.5. The van der Waals surface area contributed by atoms with Crippen LogP contribution in [0.15, 0.2) is 36.4 Å². The van der Waals surface area contributed by atoms with E-state index >= 15 is 0 Å². The summed E-state index contributed by atoms with van der Waals surface area (Å²) in [5.74, 6) is -3.22. The predicted octanol–water partition coefficient (Wildman–Crippen LogP) is 1.49. The van der Waals surface area contributed by atoms with Gasteiger partial charge in [0.2, 0.25) is 29.5 Å². The Kier molecular flexibility index (Phi) is 12.8. The SMILES string of the molecule is CCn1nc(NC(=O)N[C@@H](Cc2ccccc2)C(=O)N[C@@H]2C(=O)N3CCC[C@H]3C(=O)N3CCCC[C@H]3C(=O)N[C@@H](C)C(=O)N3C[C@H](C)C[C@H]3C(=O)O[C@H]2C)cc1C. The normalized spacial score (nSPS) is 27.8. The minimum atomic E-state index is -1.48. The topological polar surface area (TPSA) is 204 Å². The lowest BCUT2D eigenvalue weighted by molar-refractivity contribution is -0.163. The number of ether oxygens (including phenoxy) is 1. The largest absolute Gasteiger partial charge is 0.458 e. The predicted molar refractivity (Wildman–Crippen MR) is 207 cm³/mol. The Morgan fingerprint density at radius 3 is 2.32 bits per heavy atom. The number of aromatic nitrogens is 2. The summed E-state index contributed by atoms with van der Waals surface area (Å²) in [6.45, 7) is 10.1. The van der Waals surface area contributed by atoms with Crippen LogP contribution in [0.1, 0.15) is 77.5 Å². The minimum absolute atomic E-state index is 0.0516. The fourth-order valence-electron chi connectivity index (χ4n) is 8.48. The number of rotatable bonds is 7. The summed E-state index contributed by atoms with van der Waals surface area (Å²) in [6, 6.07) is 3.64. The van der Waals surface area contributed by atoms with Crippen molar-refractivity contribution >= 4 is 47.4 Å². The van der Waals surface area contributed by atoms with E-state index in [1.807, 2.05) is 26.8 Å². The maximum atomic E-state index is 14.7. The lowest BCUT2D eigenvalue weighted by Crippen LogP contribution is -2.63. The van der Waals surface area contributed by atoms with Gasteiger partial charge < -0.3 is 35.4 Å². The second-order valence-corrected chi connectivity index (χ2v) is 15.8. The van der Waals surface area contributed by atoms with Crippen molar-refractivity contribution in [2.24, 2.45) is 5.92 Å². The van der Waals surface area contributed by atoms with E-state index in [1.165, 1.54) is 21.6 Å². The highest BCUT2D eigenvalue weighted by Gasteiger charge is 2.47. The van der Waals surface area contributed by atoms with Crippen molar-refractivity contribution in [1.82, 2.24) is 40.4 Å². The average molecular weight is 790 g/mol. The van der Waals surface area contributed by atoms with E-state index in [1.54, 1.807) is 41.9 Å². The van der Waals surface area contributed by atoms with Gasteiger partial charge >= 0.3 is 12.0 Å². The molecule has 1 aromatic heterocycles. The zero-order valence-electron chi connectivity index (χ0n) is 33.4. The van der Waals surface area contributed by atoms with Crippen molar-refractivity contribution in [1.29, 1.82) is 0 Å². The molecule has 0 spiro atoms. The standard InChI is InChI=1S/C40H55N9O8/c1-6-49-24(3)20-32(45-49)43-40(56)42-28(21-27-13-8-7-9-14-27)34(50)44-33-26(5)57-39(55)31-19-23(2)22-48(31)36(52)25(4)41-35(51)29-15-10-11-17-46(29)37(53)30-16-12-18-47(30)38(33)54/h7-9,13-14,20,23,25-26,28-31,33H,6,10-12,15-19,21-22H2,1-5H3,(H,41,51)(H,44,50)(H2,42,43,45,56)/t23-,25+,26+,28+,29+,30+,31+,33+/m1/s1. The molecule has 0 unspecified atom stereocenters. The van der Waals surface area contributed by atoms with E-state index in [-0.39, 0.29) is 25.4 Å². The number of urea groups is 1. The monoisotopic (exact) mass is 789 g/mol. The molecular weight excluding hydrogens is 734 g/mol. The van der Waals surface area contributed by atoms with Crippen molar-refractivity contribution in [3.63, 3.8) is 0 Å². The maximum Gasteiger partial charge on any atom is 0.329 e. The molecule has 4 N–H and O–H groups in total. The van der Waals surface area contributed by atoms with Crippen LogP contribution in [0.2, 0.25) is 0 Å². The molecule has 8 atom stereocenters. The number of aryl methyl sites for hydroxylation is 2. The van der Waals surface area contributed by atoms with Crippen LogP contribution in [0, 0.1) is 12.8 Å². The molecule has 17 nitrogen and oxygen atoms in total. The first-order chi connectivity index (χ1) is 27.2. The van der Waals surface area contributed by atoms with E-state index in [0.29, 0.717) is 57.4 Å². The van der Waals surface area contributed by atoms with Gasteiger partial charge in [0.25, 0.3) is 0 Å². The second-order valence-electron chi connectivity index (χ2n) is 15.8. The van der Waals surface area contributed by atoms with E-state index in [2.05, 4.69) is 26.4 Å². The van der Waals surface area contributed by atoms with Gasteiger partial charge in [0, 0.05) is 44.4 Å². The third-order valence-electron chi connectivity index (χ3n) is 11.5. The van der Waals surface area contributed by atoms with Crippen LogP contribution in [0.25, 0.3) is 0 Å². The van der Waals surface area contributed by atoms with Crippen LogP contribution in [-0.4, -0.2) is 128 Å². The van der Waals surface area contributed by atoms with Gasteiger partial charge in [-0.2, -0.15) is 5.10 Å². The number of amides is 7. The van der Waals surface area contributed by atoms with Gasteiger partial charge in [-0.3, -0.25) is 34.0 Å². The summed E-state index contributed by atoms with van der Waals surface area (Å²) in [6.07, 6.45) is 1.71. The quantitative estimate of drug-likeness (QED) is 0.300. The van der Waals surface area contributed by atoms with Crippen LogP contribution in [0.4, 0.5) is 10.6 Å². The number of benzene rings is 1. The molecule has 7 amide bonds. The van der Waals surface area contributed by atoms with Gasteiger partial charge in [-0.1, -0.05) is 37.3 Å². The summed E-state index contributed by atoms with van der Waals surface area (Å²) < 4.78 is 7.67. The molecule has 4 saturated heterocycles. The van der Waals surface area contributed by atoms with Gasteiger partial charge in [0.15, 0.2) is 5.82 Å². The fraction of sp³-hybridized carbons (Fsp3) is 0.600. The Bertz CT molecular complexity index is 1850. The molecule has 4 aliphatic heterocycles. The smallest absolute Gasteiger partial charge is 0.329 e. The molecule has 6 rings (SSSR count). The van der Waals surface area contributed by atoms with Crippen LogP contribution < -0.4 is 21.3 Å². The lowest BCUT2D eigenvalue weighted by atomic mass is 9.99. The third-order valence-corrected chi connectivity index (χ3v) is 11.5. The number of carbonyl (C=O) groups is 7. The molecule has 4 fully saturated rings. The number of nitrogens with one attached hydrogen (secondary N) is 4. The molecule has 2 aromatic rings. The van der Waals surface area contributed by atoms with Gasteiger partial charge in [-0.15, -0.1) is 0 Å². The molecule has 0 bridgehead atoms. The van der Waals surface area contributed by atoms with Crippen LogP contribution >= 0.6 is 0 Å². The molecule has 17 heteroatoms. The number of esters is 1. The Labute approximate surface area is 332 Å². The molecule has 0 aliphatic carbocycles. The highest BCUT2D eigenvalue weighted by Crippen LogP contribution is 2.29. The summed E-state index contributed by atoms with van der Waals surface area (Å²) >= 11 is 0. The van der Waals surface area contributed by atoms with E-state index in [4.69, 9.17) is 4.74 Å². The second kappa shape index (κ2) is 17.8. The Morgan fingerprint density at radius 2 is 1.60 bits per heavy atom. The number of nitrogens with zero attached hydrogens (tertiary/aromatic N) is 5. The summed E-state index contributed by atoms with van der Waals surface area (Å²) in [5, 5.41) is 15.4. The Hall–Kier alpha value is -5.48. The summed E-state index contributed by atoms with van der Waals surface area (Å²) in [4.78, 5) is 103. The average Bonchev–Trinajstić information content (AvgIpc) is 3.93. The number of carbonyl (C=O) groups excluding carboxylic acids is 7.